The second-order valence-corrected chi connectivity index (χ2v) is 4.80. The Morgan fingerprint density at radius 1 is 1.35 bits per heavy atom. The summed E-state index contributed by atoms with van der Waals surface area (Å²) < 4.78 is 1.89. The average molecular weight is 274 g/mol. The molecule has 1 aromatic heterocycles. The van der Waals surface area contributed by atoms with E-state index < -0.39 is 12.0 Å². The maximum absolute atomic E-state index is 12.0. The van der Waals surface area contributed by atoms with Crippen LogP contribution in [0.2, 0.25) is 0 Å². The summed E-state index contributed by atoms with van der Waals surface area (Å²) in [5.41, 5.74) is 1.95. The van der Waals surface area contributed by atoms with Crippen LogP contribution in [0.1, 0.15) is 19.0 Å². The van der Waals surface area contributed by atoms with Crippen molar-refractivity contribution >= 4 is 22.8 Å². The molecule has 1 atom stereocenters. The summed E-state index contributed by atoms with van der Waals surface area (Å²) in [6.07, 6.45) is 0.368. The SMILES string of the molecule is CC[C@H](NC(=O)Cn1c(C)cc2ccccc21)C(=O)O. The molecule has 0 saturated heterocycles. The van der Waals surface area contributed by atoms with Crippen molar-refractivity contribution in [2.24, 2.45) is 0 Å². The van der Waals surface area contributed by atoms with Crippen molar-refractivity contribution in [1.29, 1.82) is 0 Å². The van der Waals surface area contributed by atoms with Gasteiger partial charge < -0.3 is 15.0 Å². The Kier molecular flexibility index (Phi) is 4.08. The number of benzene rings is 1. The van der Waals surface area contributed by atoms with Gasteiger partial charge in [-0.05, 0) is 30.9 Å². The number of rotatable bonds is 5. The molecule has 0 aliphatic carbocycles. The molecule has 0 saturated carbocycles. The number of amides is 1. The van der Waals surface area contributed by atoms with E-state index in [1.807, 2.05) is 41.8 Å². The Bertz CT molecular complexity index is 646. The summed E-state index contributed by atoms with van der Waals surface area (Å²) in [5, 5.41) is 12.6. The lowest BCUT2D eigenvalue weighted by Crippen LogP contribution is -2.41. The van der Waals surface area contributed by atoms with E-state index in [1.54, 1.807) is 6.92 Å². The first kappa shape index (κ1) is 14.1. The number of aliphatic carboxylic acids is 1. The number of fused-ring (bicyclic) bond motifs is 1. The van der Waals surface area contributed by atoms with E-state index in [2.05, 4.69) is 5.32 Å². The molecule has 1 heterocycles. The first-order valence-corrected chi connectivity index (χ1v) is 6.60. The largest absolute Gasteiger partial charge is 0.480 e. The van der Waals surface area contributed by atoms with Gasteiger partial charge in [0.2, 0.25) is 5.91 Å². The first-order valence-electron chi connectivity index (χ1n) is 6.60. The van der Waals surface area contributed by atoms with E-state index >= 15 is 0 Å². The van der Waals surface area contributed by atoms with E-state index in [-0.39, 0.29) is 12.5 Å². The molecule has 2 aromatic rings. The molecule has 106 valence electrons. The number of carbonyl (C=O) groups excluding carboxylic acids is 1. The fourth-order valence-electron chi connectivity index (χ4n) is 2.28. The Labute approximate surface area is 117 Å². The van der Waals surface area contributed by atoms with Crippen molar-refractivity contribution in [3.8, 4) is 0 Å². The summed E-state index contributed by atoms with van der Waals surface area (Å²) in [4.78, 5) is 22.9. The van der Waals surface area contributed by atoms with Crippen molar-refractivity contribution in [1.82, 2.24) is 9.88 Å². The van der Waals surface area contributed by atoms with E-state index in [4.69, 9.17) is 5.11 Å². The Hall–Kier alpha value is -2.30. The zero-order valence-corrected chi connectivity index (χ0v) is 11.6. The van der Waals surface area contributed by atoms with E-state index in [0.29, 0.717) is 6.42 Å². The van der Waals surface area contributed by atoms with Gasteiger partial charge in [0.15, 0.2) is 0 Å². The van der Waals surface area contributed by atoms with Crippen molar-refractivity contribution in [3.63, 3.8) is 0 Å². The minimum atomic E-state index is -1.00. The van der Waals surface area contributed by atoms with Crippen LogP contribution in [0, 0.1) is 6.92 Å². The number of hydrogen-bond donors (Lipinski definition) is 2. The van der Waals surface area contributed by atoms with E-state index in [9.17, 15) is 9.59 Å². The maximum Gasteiger partial charge on any atom is 0.326 e. The number of nitrogens with zero attached hydrogens (tertiary/aromatic N) is 1. The molecule has 0 aliphatic rings. The van der Waals surface area contributed by atoms with Crippen LogP contribution in [0.5, 0.6) is 0 Å². The molecule has 0 spiro atoms. The third kappa shape index (κ3) is 2.82. The molecule has 1 aromatic carbocycles. The number of aryl methyl sites for hydroxylation is 1. The molecule has 0 aliphatic heterocycles. The fraction of sp³-hybridized carbons (Fsp3) is 0.333. The molecule has 2 N–H and O–H groups in total. The molecule has 20 heavy (non-hydrogen) atoms. The predicted molar refractivity (Wildman–Crippen MR) is 76.5 cm³/mol. The highest BCUT2D eigenvalue weighted by Gasteiger charge is 2.18. The molecular formula is C15H18N2O3. The lowest BCUT2D eigenvalue weighted by Gasteiger charge is -2.14. The smallest absolute Gasteiger partial charge is 0.326 e. The number of hydrogen-bond acceptors (Lipinski definition) is 2. The fourth-order valence-corrected chi connectivity index (χ4v) is 2.28. The normalized spacial score (nSPS) is 12.3. The molecule has 1 amide bonds. The number of carbonyl (C=O) groups is 2. The van der Waals surface area contributed by atoms with E-state index in [1.165, 1.54) is 0 Å². The highest BCUT2D eigenvalue weighted by Crippen LogP contribution is 2.18. The summed E-state index contributed by atoms with van der Waals surface area (Å²) in [6, 6.07) is 8.99. The topological polar surface area (TPSA) is 71.3 Å². The van der Waals surface area contributed by atoms with Gasteiger partial charge in [-0.15, -0.1) is 0 Å². The highest BCUT2D eigenvalue weighted by molar-refractivity contribution is 5.86. The van der Waals surface area contributed by atoms with Gasteiger partial charge in [0.05, 0.1) is 0 Å². The zero-order valence-electron chi connectivity index (χ0n) is 11.6. The average Bonchev–Trinajstić information content (AvgIpc) is 2.72. The molecule has 0 radical (unpaired) electrons. The zero-order chi connectivity index (χ0) is 14.7. The van der Waals surface area contributed by atoms with Crippen molar-refractivity contribution in [3.05, 3.63) is 36.0 Å². The standard InChI is InChI=1S/C15H18N2O3/c1-3-12(15(19)20)16-14(18)9-17-10(2)8-11-6-4-5-7-13(11)17/h4-8,12H,3,9H2,1-2H3,(H,16,18)(H,19,20)/t12-/m0/s1. The van der Waals surface area contributed by atoms with Crippen molar-refractivity contribution in [2.45, 2.75) is 32.9 Å². The van der Waals surface area contributed by atoms with Gasteiger partial charge in [-0.1, -0.05) is 25.1 Å². The van der Waals surface area contributed by atoms with Crippen LogP contribution in [0.4, 0.5) is 0 Å². The van der Waals surface area contributed by atoms with Crippen LogP contribution >= 0.6 is 0 Å². The van der Waals surface area contributed by atoms with Crippen LogP contribution in [0.25, 0.3) is 10.9 Å². The minimum Gasteiger partial charge on any atom is -0.480 e. The van der Waals surface area contributed by atoms with Crippen LogP contribution < -0.4 is 5.32 Å². The van der Waals surface area contributed by atoms with Gasteiger partial charge in [-0.3, -0.25) is 4.79 Å². The summed E-state index contributed by atoms with van der Waals surface area (Å²) in [6.45, 7) is 3.79. The van der Waals surface area contributed by atoms with Crippen LogP contribution in [-0.4, -0.2) is 27.6 Å². The predicted octanol–water partition coefficient (Wildman–Crippen LogP) is 1.93. The first-order chi connectivity index (χ1) is 9.52. The third-order valence-corrected chi connectivity index (χ3v) is 3.36. The quantitative estimate of drug-likeness (QED) is 0.875. The van der Waals surface area contributed by atoms with Gasteiger partial charge in [-0.2, -0.15) is 0 Å². The Balaban J connectivity index is 2.18. The Morgan fingerprint density at radius 2 is 2.05 bits per heavy atom. The van der Waals surface area contributed by atoms with Crippen LogP contribution in [0.3, 0.4) is 0 Å². The summed E-state index contributed by atoms with van der Waals surface area (Å²) in [5.74, 6) is -1.29. The molecule has 2 rings (SSSR count). The Morgan fingerprint density at radius 3 is 2.70 bits per heavy atom. The van der Waals surface area contributed by atoms with Gasteiger partial charge in [0, 0.05) is 11.2 Å². The monoisotopic (exact) mass is 274 g/mol. The lowest BCUT2D eigenvalue weighted by atomic mass is 10.2. The maximum atomic E-state index is 12.0. The van der Waals surface area contributed by atoms with E-state index in [0.717, 1.165) is 16.6 Å². The molecule has 0 fully saturated rings. The van der Waals surface area contributed by atoms with Gasteiger partial charge in [0.25, 0.3) is 0 Å². The number of nitrogens with one attached hydrogen (secondary N) is 1. The highest BCUT2D eigenvalue weighted by atomic mass is 16.4. The second-order valence-electron chi connectivity index (χ2n) is 4.80. The molecule has 5 nitrogen and oxygen atoms in total. The lowest BCUT2D eigenvalue weighted by molar-refractivity contribution is -0.142. The minimum absolute atomic E-state index is 0.128. The van der Waals surface area contributed by atoms with Crippen LogP contribution in [0.15, 0.2) is 30.3 Å². The molecule has 5 heteroatoms. The molecule has 0 bridgehead atoms. The number of para-hydroxylation sites is 1. The van der Waals surface area contributed by atoms with Gasteiger partial charge in [-0.25, -0.2) is 4.79 Å². The van der Waals surface area contributed by atoms with Crippen molar-refractivity contribution in [2.75, 3.05) is 0 Å². The summed E-state index contributed by atoms with van der Waals surface area (Å²) >= 11 is 0. The second kappa shape index (κ2) is 5.77. The van der Waals surface area contributed by atoms with Gasteiger partial charge >= 0.3 is 5.97 Å². The number of aromatic nitrogens is 1. The van der Waals surface area contributed by atoms with Crippen molar-refractivity contribution < 1.29 is 14.7 Å². The third-order valence-electron chi connectivity index (χ3n) is 3.36. The summed E-state index contributed by atoms with van der Waals surface area (Å²) in [7, 11) is 0. The van der Waals surface area contributed by atoms with Gasteiger partial charge in [0.1, 0.15) is 12.6 Å². The van der Waals surface area contributed by atoms with Crippen LogP contribution in [-0.2, 0) is 16.1 Å². The molecular weight excluding hydrogens is 256 g/mol. The molecule has 0 unspecified atom stereocenters. The number of carboxylic acid groups (broad SMARTS) is 1. The number of carboxylic acids is 1.